The molecular formula is C13H21F4N. The average molecular weight is 267 g/mol. The predicted molar refractivity (Wildman–Crippen MR) is 61.8 cm³/mol. The van der Waals surface area contributed by atoms with E-state index >= 15 is 0 Å². The van der Waals surface area contributed by atoms with Crippen LogP contribution in [0.5, 0.6) is 0 Å². The summed E-state index contributed by atoms with van der Waals surface area (Å²) in [6.07, 6.45) is -1.28. The Kier molecular flexibility index (Phi) is 3.90. The minimum Gasteiger partial charge on any atom is -0.325 e. The first-order valence-electron chi connectivity index (χ1n) is 6.78. The lowest BCUT2D eigenvalue weighted by atomic mass is 9.77. The number of hydrogen-bond acceptors (Lipinski definition) is 1. The van der Waals surface area contributed by atoms with Crippen LogP contribution in [0.15, 0.2) is 0 Å². The number of halogens is 4. The smallest absolute Gasteiger partial charge is 0.325 e. The minimum absolute atomic E-state index is 0.0199. The molecule has 0 spiro atoms. The molecule has 2 N–H and O–H groups in total. The lowest BCUT2D eigenvalue weighted by Crippen LogP contribution is -2.30. The maximum Gasteiger partial charge on any atom is 0.419 e. The molecule has 2 fully saturated rings. The highest BCUT2D eigenvalue weighted by Crippen LogP contribution is 2.44. The monoisotopic (exact) mass is 267 g/mol. The first-order chi connectivity index (χ1) is 8.28. The van der Waals surface area contributed by atoms with Gasteiger partial charge >= 0.3 is 6.18 Å². The summed E-state index contributed by atoms with van der Waals surface area (Å²) in [6.45, 7) is 0. The van der Waals surface area contributed by atoms with Crippen molar-refractivity contribution in [2.75, 3.05) is 0 Å². The van der Waals surface area contributed by atoms with Crippen LogP contribution in [0.1, 0.15) is 51.4 Å². The van der Waals surface area contributed by atoms with Gasteiger partial charge < -0.3 is 5.73 Å². The number of nitrogens with two attached hydrogens (primary N) is 1. The molecule has 0 aromatic rings. The van der Waals surface area contributed by atoms with Gasteiger partial charge in [-0.2, -0.15) is 13.2 Å². The average Bonchev–Trinajstić information content (AvgIpc) is 2.98. The van der Waals surface area contributed by atoms with Crippen LogP contribution in [0.4, 0.5) is 17.6 Å². The molecule has 0 saturated heterocycles. The fraction of sp³-hybridized carbons (Fsp3) is 1.00. The van der Waals surface area contributed by atoms with Crippen molar-refractivity contribution in [3.05, 3.63) is 0 Å². The van der Waals surface area contributed by atoms with E-state index < -0.39 is 12.3 Å². The van der Waals surface area contributed by atoms with E-state index in [1.165, 1.54) is 0 Å². The maximum atomic E-state index is 12.9. The number of rotatable bonds is 4. The predicted octanol–water partition coefficient (Wildman–Crippen LogP) is 3.96. The van der Waals surface area contributed by atoms with Gasteiger partial charge in [0.2, 0.25) is 0 Å². The standard InChI is InChI=1S/C13H21F4N/c14-11(13(15,16)17)7-9-1-3-10(4-2-9)8-12(18)5-6-12/h9-11H,1-8,18H2. The quantitative estimate of drug-likeness (QED) is 0.766. The Morgan fingerprint density at radius 2 is 1.56 bits per heavy atom. The van der Waals surface area contributed by atoms with Crippen LogP contribution < -0.4 is 5.73 Å². The third-order valence-electron chi connectivity index (χ3n) is 4.45. The second-order valence-electron chi connectivity index (χ2n) is 6.20. The first kappa shape index (κ1) is 14.1. The Morgan fingerprint density at radius 3 is 2.00 bits per heavy atom. The van der Waals surface area contributed by atoms with Crippen LogP contribution in [-0.4, -0.2) is 17.9 Å². The Hall–Kier alpha value is -0.320. The van der Waals surface area contributed by atoms with Crippen LogP contribution >= 0.6 is 0 Å². The van der Waals surface area contributed by atoms with Crippen molar-refractivity contribution in [1.82, 2.24) is 0 Å². The summed E-state index contributed by atoms with van der Waals surface area (Å²) in [5, 5.41) is 0. The molecular weight excluding hydrogens is 246 g/mol. The Bertz CT molecular complexity index is 277. The van der Waals surface area contributed by atoms with Gasteiger partial charge in [0.15, 0.2) is 6.17 Å². The van der Waals surface area contributed by atoms with E-state index in [0.29, 0.717) is 5.92 Å². The van der Waals surface area contributed by atoms with Gasteiger partial charge in [-0.25, -0.2) is 4.39 Å². The molecule has 5 heteroatoms. The summed E-state index contributed by atoms with van der Waals surface area (Å²) >= 11 is 0. The highest BCUT2D eigenvalue weighted by molar-refractivity contribution is 5.00. The summed E-state index contributed by atoms with van der Waals surface area (Å²) in [5.41, 5.74) is 6.06. The maximum absolute atomic E-state index is 12.9. The van der Waals surface area contributed by atoms with E-state index in [-0.39, 0.29) is 17.9 Å². The topological polar surface area (TPSA) is 26.0 Å². The molecule has 0 amide bonds. The largest absolute Gasteiger partial charge is 0.419 e. The summed E-state index contributed by atoms with van der Waals surface area (Å²) in [7, 11) is 0. The molecule has 2 saturated carbocycles. The van der Waals surface area contributed by atoms with Gasteiger partial charge in [0, 0.05) is 5.54 Å². The van der Waals surface area contributed by atoms with Crippen molar-refractivity contribution < 1.29 is 17.6 Å². The number of hydrogen-bond donors (Lipinski definition) is 1. The minimum atomic E-state index is -4.69. The molecule has 0 aliphatic heterocycles. The van der Waals surface area contributed by atoms with Gasteiger partial charge in [-0.05, 0) is 37.5 Å². The SMILES string of the molecule is NC1(CC2CCC(CC(F)C(F)(F)F)CC2)CC1. The van der Waals surface area contributed by atoms with E-state index in [2.05, 4.69) is 0 Å². The van der Waals surface area contributed by atoms with Crippen LogP contribution in [-0.2, 0) is 0 Å². The lowest BCUT2D eigenvalue weighted by molar-refractivity contribution is -0.185. The molecule has 0 aromatic heterocycles. The third-order valence-corrected chi connectivity index (χ3v) is 4.45. The normalized spacial score (nSPS) is 33.2. The van der Waals surface area contributed by atoms with Crippen molar-refractivity contribution >= 4 is 0 Å². The zero-order valence-electron chi connectivity index (χ0n) is 10.5. The van der Waals surface area contributed by atoms with E-state index in [1.54, 1.807) is 0 Å². The van der Waals surface area contributed by atoms with Crippen LogP contribution in [0, 0.1) is 11.8 Å². The molecule has 18 heavy (non-hydrogen) atoms. The molecule has 0 aromatic carbocycles. The first-order valence-corrected chi connectivity index (χ1v) is 6.78. The zero-order chi connectivity index (χ0) is 13.4. The van der Waals surface area contributed by atoms with E-state index in [0.717, 1.165) is 44.9 Å². The van der Waals surface area contributed by atoms with Crippen molar-refractivity contribution in [3.63, 3.8) is 0 Å². The summed E-state index contributed by atoms with van der Waals surface area (Å²) in [4.78, 5) is 0. The Morgan fingerprint density at radius 1 is 1.06 bits per heavy atom. The van der Waals surface area contributed by atoms with Crippen molar-refractivity contribution in [3.8, 4) is 0 Å². The molecule has 2 aliphatic rings. The lowest BCUT2D eigenvalue weighted by Gasteiger charge is -2.31. The summed E-state index contributed by atoms with van der Waals surface area (Å²) in [6, 6.07) is 0. The van der Waals surface area contributed by atoms with Crippen molar-refractivity contribution in [2.24, 2.45) is 17.6 Å². The summed E-state index contributed by atoms with van der Waals surface area (Å²) < 4.78 is 49.3. The van der Waals surface area contributed by atoms with Crippen LogP contribution in [0.25, 0.3) is 0 Å². The van der Waals surface area contributed by atoms with Gasteiger partial charge in [0.1, 0.15) is 0 Å². The molecule has 1 nitrogen and oxygen atoms in total. The highest BCUT2D eigenvalue weighted by Gasteiger charge is 2.43. The van der Waals surface area contributed by atoms with E-state index in [4.69, 9.17) is 5.73 Å². The number of alkyl halides is 4. The van der Waals surface area contributed by atoms with E-state index in [1.807, 2.05) is 0 Å². The molecule has 1 unspecified atom stereocenters. The highest BCUT2D eigenvalue weighted by atomic mass is 19.4. The van der Waals surface area contributed by atoms with Crippen LogP contribution in [0.3, 0.4) is 0 Å². The van der Waals surface area contributed by atoms with Gasteiger partial charge in [-0.1, -0.05) is 25.7 Å². The van der Waals surface area contributed by atoms with Crippen molar-refractivity contribution in [2.45, 2.75) is 69.3 Å². The van der Waals surface area contributed by atoms with E-state index in [9.17, 15) is 17.6 Å². The second kappa shape index (κ2) is 4.99. The molecule has 0 bridgehead atoms. The second-order valence-corrected chi connectivity index (χ2v) is 6.20. The summed E-state index contributed by atoms with van der Waals surface area (Å²) in [5.74, 6) is 0.434. The fourth-order valence-electron chi connectivity index (χ4n) is 3.04. The molecule has 1 atom stereocenters. The molecule has 0 heterocycles. The van der Waals surface area contributed by atoms with Gasteiger partial charge in [-0.3, -0.25) is 0 Å². The molecule has 2 aliphatic carbocycles. The Labute approximate surface area is 105 Å². The fourth-order valence-corrected chi connectivity index (χ4v) is 3.04. The molecule has 2 rings (SSSR count). The van der Waals surface area contributed by atoms with Crippen molar-refractivity contribution in [1.29, 1.82) is 0 Å². The van der Waals surface area contributed by atoms with Gasteiger partial charge in [0.05, 0.1) is 0 Å². The van der Waals surface area contributed by atoms with Gasteiger partial charge in [-0.15, -0.1) is 0 Å². The molecule has 0 radical (unpaired) electrons. The molecule has 106 valence electrons. The van der Waals surface area contributed by atoms with Crippen LogP contribution in [0.2, 0.25) is 0 Å². The Balaban J connectivity index is 1.70. The van der Waals surface area contributed by atoms with Gasteiger partial charge in [0.25, 0.3) is 0 Å². The third kappa shape index (κ3) is 3.84. The zero-order valence-corrected chi connectivity index (χ0v) is 10.5.